The van der Waals surface area contributed by atoms with Gasteiger partial charge < -0.3 is 90.1 Å². The van der Waals surface area contributed by atoms with E-state index < -0.39 is 166 Å². The Morgan fingerprint density at radius 1 is 0.441 bits per heavy atom. The highest BCUT2D eigenvalue weighted by atomic mass is 32.2. The van der Waals surface area contributed by atoms with Gasteiger partial charge in [-0.1, -0.05) is 135 Å². The Balaban J connectivity index is 0.705. The van der Waals surface area contributed by atoms with Crippen LogP contribution < -0.4 is 9.47 Å². The Hall–Kier alpha value is -6.64. The molecule has 0 aromatic heterocycles. The molecule has 6 saturated heterocycles. The van der Waals surface area contributed by atoms with Crippen LogP contribution in [0.1, 0.15) is 140 Å². The van der Waals surface area contributed by atoms with Crippen LogP contribution >= 0.6 is 0 Å². The maximum Gasteiger partial charge on any atom is 0.338 e. The van der Waals surface area contributed by atoms with Crippen LogP contribution in [0.5, 0.6) is 11.5 Å². The molecule has 24 nitrogen and oxygen atoms in total. The van der Waals surface area contributed by atoms with E-state index in [1.807, 2.05) is 107 Å². The molecule has 6 aromatic carbocycles. The van der Waals surface area contributed by atoms with E-state index in [2.05, 4.69) is 50.0 Å². The Bertz CT molecular complexity index is 4010. The number of ether oxygens (including phenoxy) is 18. The van der Waals surface area contributed by atoms with Crippen LogP contribution in [0.4, 0.5) is 0 Å². The molecule has 0 unspecified atom stereocenters. The maximum absolute atomic E-state index is 13.9. The molecule has 0 radical (unpaired) electrons. The summed E-state index contributed by atoms with van der Waals surface area (Å²) in [5.41, 5.74) is 2.85. The molecule has 0 amide bonds. The zero-order valence-corrected chi connectivity index (χ0v) is 67.0. The van der Waals surface area contributed by atoms with Gasteiger partial charge in [-0.2, -0.15) is 8.42 Å². The normalized spacial score (nSPS) is 31.4. The highest BCUT2D eigenvalue weighted by molar-refractivity contribution is 7.85. The summed E-state index contributed by atoms with van der Waals surface area (Å²) in [6, 6.07) is 50.2. The van der Waals surface area contributed by atoms with Crippen LogP contribution in [-0.4, -0.2) is 183 Å². The van der Waals surface area contributed by atoms with Gasteiger partial charge in [-0.15, -0.1) is 0 Å². The van der Waals surface area contributed by atoms with Gasteiger partial charge in [-0.25, -0.2) is 4.79 Å². The molecule has 26 heteroatoms. The van der Waals surface area contributed by atoms with Crippen molar-refractivity contribution in [2.75, 3.05) is 13.4 Å². The number of rotatable bonds is 34. The molecule has 6 fully saturated rings. The monoisotopic (exact) mass is 1570 g/mol. The summed E-state index contributed by atoms with van der Waals surface area (Å²) in [4.78, 5) is 38.1. The summed E-state index contributed by atoms with van der Waals surface area (Å²) >= 11 is 0. The van der Waals surface area contributed by atoms with E-state index in [1.54, 1.807) is 62.4 Å². The third kappa shape index (κ3) is 24.7. The van der Waals surface area contributed by atoms with Crippen molar-refractivity contribution in [3.05, 3.63) is 180 Å². The standard InChI is InChI=1S/C85H110O24SSi/c1-53(86)30-39-74(87)102-68-37-40-75(95-54(68)2)104-73-48-80(100-59(7)84(73)109-110(89,90)51-61-24-16-12-17-25-61)107-82-57(5)98-78(45-71(82)92-49-60-22-14-11-15-23-60)103-69-38-41-76(96-55(69)3)106-81-56(4)99-79(46-70(81)93-50-62-31-32-63-26-20-21-29-65(63)44-62)105-72-47-77(97-58(6)83(72)108-85(88)64-27-18-13-19-28-64)101-67-35-33-66(34-36-67)94-52-91-42-43-111(8,9)10/h11-29,31-36,44,54-59,68-73,75-84H,30,37-43,45-52H2,1-10H3/t54-,55-,56+,57+,58+,59+,68-,69-,70+,71+,72+,73+,75-,76-,77-,78+,79-,80-,81+,82+,83+,84+/m0/s1. The van der Waals surface area contributed by atoms with Crippen molar-refractivity contribution in [1.82, 2.24) is 0 Å². The van der Waals surface area contributed by atoms with Gasteiger partial charge in [0.15, 0.2) is 44.3 Å². The second kappa shape index (κ2) is 39.6. The predicted molar refractivity (Wildman–Crippen MR) is 411 cm³/mol. The number of hydrogen-bond donors (Lipinski definition) is 0. The molecule has 0 spiro atoms. The lowest BCUT2D eigenvalue weighted by atomic mass is 9.99. The van der Waals surface area contributed by atoms with Crippen molar-refractivity contribution in [1.29, 1.82) is 0 Å². The van der Waals surface area contributed by atoms with Crippen LogP contribution in [0.25, 0.3) is 10.8 Å². The van der Waals surface area contributed by atoms with Gasteiger partial charge in [-0.05, 0) is 137 Å². The van der Waals surface area contributed by atoms with Gasteiger partial charge in [-0.3, -0.25) is 8.98 Å². The van der Waals surface area contributed by atoms with E-state index in [0.717, 1.165) is 27.9 Å². The van der Waals surface area contributed by atoms with Gasteiger partial charge in [0.2, 0.25) is 6.29 Å². The number of ketones is 1. The minimum absolute atomic E-state index is 0.0322. The van der Waals surface area contributed by atoms with Crippen LogP contribution in [0.3, 0.4) is 0 Å². The summed E-state index contributed by atoms with van der Waals surface area (Å²) in [5, 5.41) is 2.19. The number of benzene rings is 6. The summed E-state index contributed by atoms with van der Waals surface area (Å²) in [6.45, 7) is 20.8. The molecule has 0 bridgehead atoms. The topological polar surface area (TPSA) is 261 Å². The lowest BCUT2D eigenvalue weighted by Gasteiger charge is -2.47. The lowest BCUT2D eigenvalue weighted by Crippen LogP contribution is -2.57. The molecule has 6 heterocycles. The van der Waals surface area contributed by atoms with Crippen LogP contribution in [0.15, 0.2) is 158 Å². The SMILES string of the molecule is CC(=O)CCC(=O)O[C@H]1CC[C@H](O[C@@H]2C[C@H](O[C@@H]3[C@@H](C)O[C@H](O[C@H]4CC[C@H](O[C@@H]5[C@@H](C)O[C@@H](O[C@@H]6C[C@H](Oc7ccc(OCOCC[Si](C)(C)C)cc7)O[C@H](C)[C@H]6OC(=O)c6ccccc6)C[C@H]5OCc5ccc6ccccc6c5)O[C@H]4C)C[C@H]3OCc3ccccc3)O[C@H](C)[C@H]2OS(=O)(=O)Cc2ccccc2)O[C@H]1C. The largest absolute Gasteiger partial charge is 0.468 e. The first-order valence-electron chi connectivity index (χ1n) is 39.2. The van der Waals surface area contributed by atoms with Gasteiger partial charge in [0.05, 0.1) is 86.2 Å². The first kappa shape index (κ1) is 83.8. The van der Waals surface area contributed by atoms with Crippen molar-refractivity contribution < 1.29 is 112 Å². The quantitative estimate of drug-likeness (QED) is 0.0119. The molecular weight excluding hydrogens is 1470 g/mol. The summed E-state index contributed by atoms with van der Waals surface area (Å²) in [6.07, 6.45) is -13.4. The molecular formula is C85H110O24SSi. The third-order valence-corrected chi connectivity index (χ3v) is 23.8. The highest BCUT2D eigenvalue weighted by Crippen LogP contribution is 2.40. The van der Waals surface area contributed by atoms with Crippen molar-refractivity contribution >= 4 is 46.7 Å². The van der Waals surface area contributed by atoms with E-state index in [9.17, 15) is 22.8 Å². The molecule has 12 rings (SSSR count). The first-order chi connectivity index (χ1) is 53.4. The highest BCUT2D eigenvalue weighted by Gasteiger charge is 2.50. The van der Waals surface area contributed by atoms with Gasteiger partial charge in [0.1, 0.15) is 53.6 Å². The lowest BCUT2D eigenvalue weighted by molar-refractivity contribution is -0.344. The first-order valence-corrected chi connectivity index (χ1v) is 44.5. The molecule has 6 aromatic rings. The number of carbonyl (C=O) groups excluding carboxylic acids is 3. The van der Waals surface area contributed by atoms with E-state index in [0.29, 0.717) is 54.9 Å². The fourth-order valence-electron chi connectivity index (χ4n) is 14.8. The minimum atomic E-state index is -4.19. The Kier molecular flexibility index (Phi) is 29.9. The van der Waals surface area contributed by atoms with Gasteiger partial charge in [0.25, 0.3) is 10.1 Å². The smallest absolute Gasteiger partial charge is 0.338 e. The average molecular weight is 1580 g/mol. The summed E-state index contributed by atoms with van der Waals surface area (Å²) in [7, 11) is -5.44. The van der Waals surface area contributed by atoms with E-state index in [1.165, 1.54) is 6.92 Å². The molecule has 22 atom stereocenters. The van der Waals surface area contributed by atoms with Crippen LogP contribution in [0, 0.1) is 0 Å². The third-order valence-electron chi connectivity index (χ3n) is 20.9. The number of esters is 2. The molecule has 604 valence electrons. The molecule has 111 heavy (non-hydrogen) atoms. The molecule has 0 aliphatic carbocycles. The van der Waals surface area contributed by atoms with Crippen molar-refractivity contribution in [3.63, 3.8) is 0 Å². The van der Waals surface area contributed by atoms with Crippen LogP contribution in [0.2, 0.25) is 25.7 Å². The van der Waals surface area contributed by atoms with Crippen molar-refractivity contribution in [2.45, 2.75) is 293 Å². The number of Topliss-reactive ketones (excluding diaryl/α,β-unsaturated/α-hetero) is 1. The second-order valence-electron chi connectivity index (χ2n) is 31.1. The van der Waals surface area contributed by atoms with Gasteiger partial charge in [0, 0.05) is 59.6 Å². The number of hydrogen-bond acceptors (Lipinski definition) is 24. The average Bonchev–Trinajstić information content (AvgIpc) is 0.797. The molecule has 0 N–H and O–H groups in total. The molecule has 6 aliphatic rings. The van der Waals surface area contributed by atoms with E-state index in [-0.39, 0.29) is 70.1 Å². The molecule has 6 aliphatic heterocycles. The zero-order chi connectivity index (χ0) is 78.2. The maximum atomic E-state index is 13.9. The number of carbonyl (C=O) groups is 3. The van der Waals surface area contributed by atoms with Gasteiger partial charge >= 0.3 is 11.9 Å². The summed E-state index contributed by atoms with van der Waals surface area (Å²) in [5.74, 6) is -0.330. The minimum Gasteiger partial charge on any atom is -0.468 e. The summed E-state index contributed by atoms with van der Waals surface area (Å²) < 4.78 is 152. The number of fused-ring (bicyclic) bond motifs is 1. The Morgan fingerprint density at radius 3 is 1.56 bits per heavy atom. The Labute approximate surface area is 653 Å². The van der Waals surface area contributed by atoms with Crippen LogP contribution in [-0.2, 0) is 119 Å². The van der Waals surface area contributed by atoms with Crippen molar-refractivity contribution in [2.24, 2.45) is 0 Å². The fourth-order valence-corrected chi connectivity index (χ4v) is 16.9. The second-order valence-corrected chi connectivity index (χ2v) is 38.3. The molecule has 0 saturated carbocycles. The Morgan fingerprint density at radius 2 is 0.928 bits per heavy atom. The zero-order valence-electron chi connectivity index (χ0n) is 65.2. The predicted octanol–water partition coefficient (Wildman–Crippen LogP) is 14.0. The van der Waals surface area contributed by atoms with Crippen molar-refractivity contribution in [3.8, 4) is 11.5 Å². The van der Waals surface area contributed by atoms with E-state index in [4.69, 9.17) is 89.4 Å². The van der Waals surface area contributed by atoms with E-state index >= 15 is 0 Å². The fraction of sp³-hybridized carbons (Fsp3) is 0.565.